The van der Waals surface area contributed by atoms with E-state index in [1.807, 2.05) is 36.4 Å². The molecule has 1 aliphatic heterocycles. The maximum atomic E-state index is 12.9. The molecule has 3 aromatic rings. The number of hydrogen-bond donors (Lipinski definition) is 1. The molecular formula is C19H16ClN3O2. The maximum absolute atomic E-state index is 12.9. The molecule has 1 amide bonds. The van der Waals surface area contributed by atoms with Crippen LogP contribution >= 0.6 is 11.6 Å². The van der Waals surface area contributed by atoms with Gasteiger partial charge >= 0.3 is 0 Å². The zero-order chi connectivity index (χ0) is 17.2. The minimum Gasteiger partial charge on any atom is -0.377 e. The Morgan fingerprint density at radius 3 is 2.68 bits per heavy atom. The Morgan fingerprint density at radius 2 is 1.96 bits per heavy atom. The Kier molecular flexibility index (Phi) is 4.26. The summed E-state index contributed by atoms with van der Waals surface area (Å²) in [6.07, 6.45) is 1.67. The third-order valence-electron chi connectivity index (χ3n) is 4.19. The largest absolute Gasteiger partial charge is 0.377 e. The second-order valence-corrected chi connectivity index (χ2v) is 6.30. The van der Waals surface area contributed by atoms with Gasteiger partial charge in [-0.1, -0.05) is 41.9 Å². The standard InChI is InChI=1S/C19H16ClN3O2/c20-14-6-7-16(17(10-14)13-4-2-1-3-5-13)19(24)22-18-8-9-21-23(18)15-11-25-12-15/h1-10,15H,11-12H2,(H,22,24). The average Bonchev–Trinajstić information content (AvgIpc) is 3.01. The smallest absolute Gasteiger partial charge is 0.257 e. The van der Waals surface area contributed by atoms with Crippen molar-refractivity contribution in [1.82, 2.24) is 9.78 Å². The van der Waals surface area contributed by atoms with Crippen LogP contribution in [0.5, 0.6) is 0 Å². The van der Waals surface area contributed by atoms with E-state index in [-0.39, 0.29) is 11.9 Å². The number of ether oxygens (including phenoxy) is 1. The number of amides is 1. The van der Waals surface area contributed by atoms with E-state index in [0.29, 0.717) is 29.6 Å². The van der Waals surface area contributed by atoms with Crippen LogP contribution in [0.1, 0.15) is 16.4 Å². The van der Waals surface area contributed by atoms with Gasteiger partial charge in [0, 0.05) is 16.7 Å². The molecule has 1 saturated heterocycles. The van der Waals surface area contributed by atoms with Crippen LogP contribution in [-0.4, -0.2) is 28.9 Å². The van der Waals surface area contributed by atoms with Crippen molar-refractivity contribution < 1.29 is 9.53 Å². The first kappa shape index (κ1) is 15.9. The molecule has 25 heavy (non-hydrogen) atoms. The minimum atomic E-state index is -0.197. The molecule has 2 aromatic carbocycles. The number of halogens is 1. The van der Waals surface area contributed by atoms with Gasteiger partial charge in [-0.2, -0.15) is 5.10 Å². The number of benzene rings is 2. The van der Waals surface area contributed by atoms with Crippen molar-refractivity contribution in [3.8, 4) is 11.1 Å². The van der Waals surface area contributed by atoms with E-state index in [1.165, 1.54) is 0 Å². The molecule has 1 fully saturated rings. The van der Waals surface area contributed by atoms with Crippen LogP contribution in [0.3, 0.4) is 0 Å². The first-order valence-corrected chi connectivity index (χ1v) is 8.38. The number of anilines is 1. The predicted octanol–water partition coefficient (Wildman–Crippen LogP) is 4.03. The summed E-state index contributed by atoms with van der Waals surface area (Å²) in [4.78, 5) is 12.9. The van der Waals surface area contributed by atoms with Crippen LogP contribution in [0.25, 0.3) is 11.1 Å². The van der Waals surface area contributed by atoms with E-state index in [1.54, 1.807) is 29.1 Å². The molecule has 1 aromatic heterocycles. The number of hydrogen-bond acceptors (Lipinski definition) is 3. The SMILES string of the molecule is O=C(Nc1ccnn1C1COC1)c1ccc(Cl)cc1-c1ccccc1. The van der Waals surface area contributed by atoms with Crippen LogP contribution < -0.4 is 5.32 Å². The normalized spacial score (nSPS) is 14.1. The van der Waals surface area contributed by atoms with E-state index in [2.05, 4.69) is 10.4 Å². The fraction of sp³-hybridized carbons (Fsp3) is 0.158. The van der Waals surface area contributed by atoms with Crippen LogP contribution in [0.4, 0.5) is 5.82 Å². The Bertz CT molecular complexity index is 904. The van der Waals surface area contributed by atoms with Gasteiger partial charge in [0.15, 0.2) is 0 Å². The lowest BCUT2D eigenvalue weighted by atomic mass is 9.99. The van der Waals surface area contributed by atoms with Gasteiger partial charge in [-0.3, -0.25) is 4.79 Å². The number of aromatic nitrogens is 2. The molecule has 0 aliphatic carbocycles. The second-order valence-electron chi connectivity index (χ2n) is 5.86. The first-order chi connectivity index (χ1) is 12.2. The van der Waals surface area contributed by atoms with Crippen molar-refractivity contribution in [1.29, 1.82) is 0 Å². The highest BCUT2D eigenvalue weighted by Gasteiger charge is 2.24. The van der Waals surface area contributed by atoms with Crippen molar-refractivity contribution >= 4 is 23.3 Å². The molecular weight excluding hydrogens is 338 g/mol. The Morgan fingerprint density at radius 1 is 1.16 bits per heavy atom. The second kappa shape index (κ2) is 6.70. The number of carbonyl (C=O) groups excluding carboxylic acids is 1. The zero-order valence-corrected chi connectivity index (χ0v) is 14.1. The van der Waals surface area contributed by atoms with Crippen molar-refractivity contribution in [2.45, 2.75) is 6.04 Å². The van der Waals surface area contributed by atoms with Crippen LogP contribution in [-0.2, 0) is 4.74 Å². The van der Waals surface area contributed by atoms with Gasteiger partial charge in [0.05, 0.1) is 19.4 Å². The molecule has 1 N–H and O–H groups in total. The number of carbonyl (C=O) groups is 1. The van der Waals surface area contributed by atoms with Gasteiger partial charge < -0.3 is 10.1 Å². The van der Waals surface area contributed by atoms with Crippen molar-refractivity contribution in [2.24, 2.45) is 0 Å². The summed E-state index contributed by atoms with van der Waals surface area (Å²) in [5.74, 6) is 0.463. The third kappa shape index (κ3) is 3.16. The monoisotopic (exact) mass is 353 g/mol. The topological polar surface area (TPSA) is 56.2 Å². The number of rotatable bonds is 4. The van der Waals surface area contributed by atoms with E-state index >= 15 is 0 Å². The molecule has 4 rings (SSSR count). The van der Waals surface area contributed by atoms with Crippen molar-refractivity contribution in [2.75, 3.05) is 18.5 Å². The van der Waals surface area contributed by atoms with Crippen LogP contribution in [0, 0.1) is 0 Å². The highest BCUT2D eigenvalue weighted by Crippen LogP contribution is 2.28. The summed E-state index contributed by atoms with van der Waals surface area (Å²) in [7, 11) is 0. The molecule has 0 unspecified atom stereocenters. The molecule has 6 heteroatoms. The Balaban J connectivity index is 1.66. The van der Waals surface area contributed by atoms with Crippen LogP contribution in [0.15, 0.2) is 60.8 Å². The molecule has 0 bridgehead atoms. The quantitative estimate of drug-likeness (QED) is 0.770. The van der Waals surface area contributed by atoms with Crippen molar-refractivity contribution in [3.05, 3.63) is 71.4 Å². The van der Waals surface area contributed by atoms with E-state index in [9.17, 15) is 4.79 Å². The molecule has 0 saturated carbocycles. The number of nitrogens with zero attached hydrogens (tertiary/aromatic N) is 2. The van der Waals surface area contributed by atoms with Gasteiger partial charge in [-0.25, -0.2) is 4.68 Å². The van der Waals surface area contributed by atoms with Gasteiger partial charge in [0.25, 0.3) is 5.91 Å². The maximum Gasteiger partial charge on any atom is 0.257 e. The summed E-state index contributed by atoms with van der Waals surface area (Å²) in [6.45, 7) is 1.22. The highest BCUT2D eigenvalue weighted by molar-refractivity contribution is 6.31. The first-order valence-electron chi connectivity index (χ1n) is 8.00. The zero-order valence-electron chi connectivity index (χ0n) is 13.4. The summed E-state index contributed by atoms with van der Waals surface area (Å²) in [6, 6.07) is 16.9. The van der Waals surface area contributed by atoms with Crippen molar-refractivity contribution in [3.63, 3.8) is 0 Å². The lowest BCUT2D eigenvalue weighted by Crippen LogP contribution is -2.32. The lowest BCUT2D eigenvalue weighted by molar-refractivity contribution is -0.0276. The van der Waals surface area contributed by atoms with E-state index < -0.39 is 0 Å². The predicted molar refractivity (Wildman–Crippen MR) is 96.9 cm³/mol. The Hall–Kier alpha value is -2.63. The fourth-order valence-electron chi connectivity index (χ4n) is 2.82. The lowest BCUT2D eigenvalue weighted by Gasteiger charge is -2.27. The average molecular weight is 354 g/mol. The summed E-state index contributed by atoms with van der Waals surface area (Å²) in [5, 5.41) is 7.82. The summed E-state index contributed by atoms with van der Waals surface area (Å²) < 4.78 is 7.00. The van der Waals surface area contributed by atoms with E-state index in [4.69, 9.17) is 16.3 Å². The van der Waals surface area contributed by atoms with Gasteiger partial charge in [0.1, 0.15) is 11.9 Å². The highest BCUT2D eigenvalue weighted by atomic mass is 35.5. The van der Waals surface area contributed by atoms with E-state index in [0.717, 1.165) is 11.1 Å². The molecule has 2 heterocycles. The summed E-state index contributed by atoms with van der Waals surface area (Å²) in [5.41, 5.74) is 2.30. The molecule has 0 radical (unpaired) electrons. The fourth-order valence-corrected chi connectivity index (χ4v) is 3.00. The summed E-state index contributed by atoms with van der Waals surface area (Å²) >= 11 is 6.15. The molecule has 1 aliphatic rings. The Labute approximate surface area is 150 Å². The van der Waals surface area contributed by atoms with Gasteiger partial charge in [0.2, 0.25) is 0 Å². The third-order valence-corrected chi connectivity index (χ3v) is 4.42. The number of nitrogens with one attached hydrogen (secondary N) is 1. The van der Waals surface area contributed by atoms with Gasteiger partial charge in [-0.05, 0) is 29.3 Å². The minimum absolute atomic E-state index is 0.170. The molecule has 0 atom stereocenters. The van der Waals surface area contributed by atoms with Gasteiger partial charge in [-0.15, -0.1) is 0 Å². The molecule has 5 nitrogen and oxygen atoms in total. The van der Waals surface area contributed by atoms with Crippen LogP contribution in [0.2, 0.25) is 5.02 Å². The molecule has 0 spiro atoms. The molecule has 126 valence electrons.